The first-order valence-electron chi connectivity index (χ1n) is 4.98. The molecule has 0 spiro atoms. The Balaban J connectivity index is 2.25. The van der Waals surface area contributed by atoms with Gasteiger partial charge in [-0.1, -0.05) is 6.07 Å². The van der Waals surface area contributed by atoms with Gasteiger partial charge >= 0.3 is 0 Å². The van der Waals surface area contributed by atoms with Crippen molar-refractivity contribution < 1.29 is 4.74 Å². The van der Waals surface area contributed by atoms with Crippen LogP contribution in [0.25, 0.3) is 0 Å². The van der Waals surface area contributed by atoms with Crippen LogP contribution in [0.15, 0.2) is 18.2 Å². The molecule has 1 heterocycles. The second-order valence-corrected chi connectivity index (χ2v) is 3.64. The molecule has 1 aromatic rings. The van der Waals surface area contributed by atoms with Crippen LogP contribution in [0.3, 0.4) is 0 Å². The van der Waals surface area contributed by atoms with Crippen molar-refractivity contribution in [1.29, 1.82) is 0 Å². The number of methoxy groups -OCH3 is 1. The maximum atomic E-state index is 5.96. The van der Waals surface area contributed by atoms with E-state index in [1.54, 1.807) is 7.11 Å². The SMILES string of the molecule is COc1ccc([C@@H]2CCCN2)c(N)c1. The highest BCUT2D eigenvalue weighted by Gasteiger charge is 2.18. The zero-order chi connectivity index (χ0) is 9.97. The number of hydrogen-bond acceptors (Lipinski definition) is 3. The van der Waals surface area contributed by atoms with Gasteiger partial charge in [-0.25, -0.2) is 0 Å². The van der Waals surface area contributed by atoms with E-state index >= 15 is 0 Å². The summed E-state index contributed by atoms with van der Waals surface area (Å²) in [5.41, 5.74) is 7.98. The molecule has 0 aliphatic carbocycles. The maximum Gasteiger partial charge on any atom is 0.120 e. The lowest BCUT2D eigenvalue weighted by Crippen LogP contribution is -2.14. The molecule has 3 heteroatoms. The molecule has 3 nitrogen and oxygen atoms in total. The normalized spacial score (nSPS) is 21.1. The van der Waals surface area contributed by atoms with E-state index in [0.29, 0.717) is 6.04 Å². The Morgan fingerprint density at radius 1 is 1.50 bits per heavy atom. The van der Waals surface area contributed by atoms with Crippen molar-refractivity contribution in [2.45, 2.75) is 18.9 Å². The van der Waals surface area contributed by atoms with E-state index in [1.807, 2.05) is 12.1 Å². The number of nitrogen functional groups attached to an aromatic ring is 1. The lowest BCUT2D eigenvalue weighted by atomic mass is 10.0. The van der Waals surface area contributed by atoms with Gasteiger partial charge in [-0.15, -0.1) is 0 Å². The van der Waals surface area contributed by atoms with E-state index in [4.69, 9.17) is 10.5 Å². The predicted octanol–water partition coefficient (Wildman–Crippen LogP) is 1.70. The zero-order valence-corrected chi connectivity index (χ0v) is 8.42. The van der Waals surface area contributed by atoms with E-state index in [0.717, 1.165) is 18.0 Å². The summed E-state index contributed by atoms with van der Waals surface area (Å²) in [5, 5.41) is 3.43. The van der Waals surface area contributed by atoms with E-state index in [-0.39, 0.29) is 0 Å². The van der Waals surface area contributed by atoms with Gasteiger partial charge in [0.2, 0.25) is 0 Å². The van der Waals surface area contributed by atoms with Crippen LogP contribution in [0.1, 0.15) is 24.4 Å². The fourth-order valence-corrected chi connectivity index (χ4v) is 1.95. The van der Waals surface area contributed by atoms with E-state index in [9.17, 15) is 0 Å². The van der Waals surface area contributed by atoms with Crippen LogP contribution in [0.2, 0.25) is 0 Å². The molecule has 1 aromatic carbocycles. The molecule has 0 unspecified atom stereocenters. The fraction of sp³-hybridized carbons (Fsp3) is 0.455. The largest absolute Gasteiger partial charge is 0.497 e. The topological polar surface area (TPSA) is 47.3 Å². The number of nitrogens with two attached hydrogens (primary N) is 1. The van der Waals surface area contributed by atoms with Gasteiger partial charge < -0.3 is 15.8 Å². The Morgan fingerprint density at radius 2 is 2.36 bits per heavy atom. The zero-order valence-electron chi connectivity index (χ0n) is 8.42. The molecule has 1 aliphatic rings. The molecule has 76 valence electrons. The quantitative estimate of drug-likeness (QED) is 0.701. The average molecular weight is 192 g/mol. The van der Waals surface area contributed by atoms with Crippen molar-refractivity contribution in [3.63, 3.8) is 0 Å². The van der Waals surface area contributed by atoms with Crippen molar-refractivity contribution in [1.82, 2.24) is 5.32 Å². The first-order chi connectivity index (χ1) is 6.81. The van der Waals surface area contributed by atoms with Crippen molar-refractivity contribution in [3.05, 3.63) is 23.8 Å². The van der Waals surface area contributed by atoms with Gasteiger partial charge in [0.15, 0.2) is 0 Å². The van der Waals surface area contributed by atoms with Crippen molar-refractivity contribution in [2.75, 3.05) is 19.4 Å². The molecule has 0 bridgehead atoms. The molecule has 0 radical (unpaired) electrons. The fourth-order valence-electron chi connectivity index (χ4n) is 1.95. The molecule has 3 N–H and O–H groups in total. The van der Waals surface area contributed by atoms with Crippen molar-refractivity contribution in [3.8, 4) is 5.75 Å². The summed E-state index contributed by atoms with van der Waals surface area (Å²) < 4.78 is 5.11. The summed E-state index contributed by atoms with van der Waals surface area (Å²) in [7, 11) is 1.66. The first-order valence-corrected chi connectivity index (χ1v) is 4.98. The average Bonchev–Trinajstić information content (AvgIpc) is 2.70. The van der Waals surface area contributed by atoms with E-state index in [2.05, 4.69) is 11.4 Å². The van der Waals surface area contributed by atoms with Gasteiger partial charge in [-0.05, 0) is 31.0 Å². The van der Waals surface area contributed by atoms with Gasteiger partial charge in [-0.2, -0.15) is 0 Å². The Labute approximate surface area is 84.3 Å². The van der Waals surface area contributed by atoms with Crippen LogP contribution in [0.4, 0.5) is 5.69 Å². The van der Waals surface area contributed by atoms with Gasteiger partial charge in [0.1, 0.15) is 5.75 Å². The minimum Gasteiger partial charge on any atom is -0.497 e. The first kappa shape index (κ1) is 9.34. The number of ether oxygens (including phenoxy) is 1. The van der Waals surface area contributed by atoms with Crippen LogP contribution in [0.5, 0.6) is 5.75 Å². The maximum absolute atomic E-state index is 5.96. The third-order valence-electron chi connectivity index (χ3n) is 2.73. The lowest BCUT2D eigenvalue weighted by molar-refractivity contribution is 0.414. The van der Waals surface area contributed by atoms with Crippen molar-refractivity contribution in [2.24, 2.45) is 0 Å². The van der Waals surface area contributed by atoms with Gasteiger partial charge in [0, 0.05) is 17.8 Å². The molecular formula is C11H16N2O. The van der Waals surface area contributed by atoms with E-state index in [1.165, 1.54) is 18.4 Å². The Kier molecular flexibility index (Phi) is 2.59. The molecule has 0 aromatic heterocycles. The van der Waals surface area contributed by atoms with Gasteiger partial charge in [0.05, 0.1) is 7.11 Å². The third kappa shape index (κ3) is 1.68. The molecule has 1 saturated heterocycles. The lowest BCUT2D eigenvalue weighted by Gasteiger charge is -2.14. The summed E-state index contributed by atoms with van der Waals surface area (Å²) in [4.78, 5) is 0. The molecule has 1 fully saturated rings. The molecule has 1 aliphatic heterocycles. The van der Waals surface area contributed by atoms with Gasteiger partial charge in [0.25, 0.3) is 0 Å². The number of hydrogen-bond donors (Lipinski definition) is 2. The van der Waals surface area contributed by atoms with E-state index < -0.39 is 0 Å². The smallest absolute Gasteiger partial charge is 0.120 e. The van der Waals surface area contributed by atoms with Crippen molar-refractivity contribution >= 4 is 5.69 Å². The monoisotopic (exact) mass is 192 g/mol. The molecule has 1 atom stereocenters. The second-order valence-electron chi connectivity index (χ2n) is 3.64. The third-order valence-corrected chi connectivity index (χ3v) is 2.73. The molecule has 0 amide bonds. The number of nitrogens with one attached hydrogen (secondary N) is 1. The second kappa shape index (κ2) is 3.88. The van der Waals surface area contributed by atoms with Crippen LogP contribution in [-0.2, 0) is 0 Å². The highest BCUT2D eigenvalue weighted by atomic mass is 16.5. The molecule has 14 heavy (non-hydrogen) atoms. The summed E-state index contributed by atoms with van der Waals surface area (Å²) >= 11 is 0. The minimum atomic E-state index is 0.431. The van der Waals surface area contributed by atoms with Crippen LogP contribution in [-0.4, -0.2) is 13.7 Å². The van der Waals surface area contributed by atoms with Crippen LogP contribution >= 0.6 is 0 Å². The molecular weight excluding hydrogens is 176 g/mol. The number of anilines is 1. The summed E-state index contributed by atoms with van der Waals surface area (Å²) in [5.74, 6) is 0.823. The van der Waals surface area contributed by atoms with Gasteiger partial charge in [-0.3, -0.25) is 0 Å². The predicted molar refractivity (Wildman–Crippen MR) is 57.4 cm³/mol. The number of benzene rings is 1. The summed E-state index contributed by atoms with van der Waals surface area (Å²) in [6.07, 6.45) is 2.41. The Bertz CT molecular complexity index is 319. The van der Waals surface area contributed by atoms with Crippen LogP contribution in [0, 0.1) is 0 Å². The summed E-state index contributed by atoms with van der Waals surface area (Å²) in [6, 6.07) is 6.33. The standard InChI is InChI=1S/C11H16N2O/c1-14-8-4-5-9(10(12)7-8)11-3-2-6-13-11/h4-5,7,11,13H,2-3,6,12H2,1H3/t11-/m0/s1. The molecule has 0 saturated carbocycles. The summed E-state index contributed by atoms with van der Waals surface area (Å²) in [6.45, 7) is 1.09. The number of rotatable bonds is 2. The van der Waals surface area contributed by atoms with Crippen LogP contribution < -0.4 is 15.8 Å². The highest BCUT2D eigenvalue weighted by Crippen LogP contribution is 2.29. The Hall–Kier alpha value is -1.22. The highest BCUT2D eigenvalue weighted by molar-refractivity contribution is 5.53. The Morgan fingerprint density at radius 3 is 2.93 bits per heavy atom. The molecule has 2 rings (SSSR count). The minimum absolute atomic E-state index is 0.431.